The minimum Gasteiger partial charge on any atom is -0.449 e. The lowest BCUT2D eigenvalue weighted by Crippen LogP contribution is -2.42. The quantitative estimate of drug-likeness (QED) is 0.433. The lowest BCUT2D eigenvalue weighted by Gasteiger charge is -2.16. The van der Waals surface area contributed by atoms with Gasteiger partial charge in [0.15, 0.2) is 6.61 Å². The van der Waals surface area contributed by atoms with Gasteiger partial charge in [0, 0.05) is 17.7 Å². The highest BCUT2D eigenvalue weighted by molar-refractivity contribution is 7.98. The van der Waals surface area contributed by atoms with Crippen LogP contribution in [0, 0.1) is 21.4 Å². The monoisotopic (exact) mass is 337 g/mol. The third-order valence-corrected chi connectivity index (χ3v) is 3.44. The van der Waals surface area contributed by atoms with Crippen LogP contribution in [0.1, 0.15) is 16.8 Å². The molecule has 0 saturated heterocycles. The van der Waals surface area contributed by atoms with Crippen molar-refractivity contribution >= 4 is 29.3 Å². The van der Waals surface area contributed by atoms with E-state index < -0.39 is 29.4 Å². The summed E-state index contributed by atoms with van der Waals surface area (Å²) in [7, 11) is 0. The number of hydrogen-bond donors (Lipinski definition) is 1. The predicted molar refractivity (Wildman–Crippen MR) is 83.9 cm³/mol. The van der Waals surface area contributed by atoms with Gasteiger partial charge in [0.05, 0.1) is 4.92 Å². The standard InChI is InChI=1S/C14H15N3O5S/c1-23-8-5-12(14(19)22-7-6-15)16-13(18)10-3-2-4-11(9-10)17(20)21/h2-4,9,12H,5,7-8H2,1H3,(H,16,18)/t12-/m1/s1. The summed E-state index contributed by atoms with van der Waals surface area (Å²) in [6.07, 6.45) is 2.17. The molecule has 0 fully saturated rings. The van der Waals surface area contributed by atoms with Crippen LogP contribution in [0.2, 0.25) is 0 Å². The first kappa shape index (κ1) is 18.4. The molecule has 1 N–H and O–H groups in total. The Hall–Kier alpha value is -2.60. The summed E-state index contributed by atoms with van der Waals surface area (Å²) < 4.78 is 4.72. The van der Waals surface area contributed by atoms with Crippen LogP contribution < -0.4 is 5.32 Å². The van der Waals surface area contributed by atoms with Crippen LogP contribution in [0.3, 0.4) is 0 Å². The topological polar surface area (TPSA) is 122 Å². The molecule has 0 heterocycles. The number of nitriles is 1. The number of esters is 1. The van der Waals surface area contributed by atoms with Gasteiger partial charge in [-0.25, -0.2) is 4.79 Å². The van der Waals surface area contributed by atoms with Crippen LogP contribution in [0.25, 0.3) is 0 Å². The number of hydrogen-bond acceptors (Lipinski definition) is 7. The first-order chi connectivity index (χ1) is 11.0. The zero-order valence-electron chi connectivity index (χ0n) is 12.4. The molecule has 0 aliphatic heterocycles. The number of thioether (sulfide) groups is 1. The molecule has 1 amide bonds. The fourth-order valence-corrected chi connectivity index (χ4v) is 2.16. The number of nitro benzene ring substituents is 1. The van der Waals surface area contributed by atoms with Crippen LogP contribution in [-0.2, 0) is 9.53 Å². The normalized spacial score (nSPS) is 11.1. The molecular weight excluding hydrogens is 322 g/mol. The number of nitrogens with zero attached hydrogens (tertiary/aromatic N) is 2. The molecule has 0 spiro atoms. The van der Waals surface area contributed by atoms with E-state index in [-0.39, 0.29) is 11.3 Å². The van der Waals surface area contributed by atoms with Crippen molar-refractivity contribution in [1.29, 1.82) is 5.26 Å². The van der Waals surface area contributed by atoms with Gasteiger partial charge in [0.2, 0.25) is 0 Å². The van der Waals surface area contributed by atoms with Crippen molar-refractivity contribution < 1.29 is 19.2 Å². The van der Waals surface area contributed by atoms with Crippen molar-refractivity contribution in [3.05, 3.63) is 39.9 Å². The van der Waals surface area contributed by atoms with Gasteiger partial charge in [-0.05, 0) is 24.5 Å². The van der Waals surface area contributed by atoms with E-state index in [1.54, 1.807) is 6.07 Å². The Balaban J connectivity index is 2.83. The molecule has 1 rings (SSSR count). The lowest BCUT2D eigenvalue weighted by atomic mass is 10.1. The second-order valence-electron chi connectivity index (χ2n) is 4.38. The maximum atomic E-state index is 12.2. The molecular formula is C14H15N3O5S. The smallest absolute Gasteiger partial charge is 0.329 e. The number of carbonyl (C=O) groups excluding carboxylic acids is 2. The molecule has 0 aliphatic rings. The second kappa shape index (κ2) is 9.42. The molecule has 9 heteroatoms. The highest BCUT2D eigenvalue weighted by atomic mass is 32.2. The van der Waals surface area contributed by atoms with Gasteiger partial charge >= 0.3 is 5.97 Å². The van der Waals surface area contributed by atoms with Gasteiger partial charge in [-0.15, -0.1) is 0 Å². The van der Waals surface area contributed by atoms with Crippen LogP contribution in [0.5, 0.6) is 0 Å². The molecule has 1 aromatic carbocycles. The van der Waals surface area contributed by atoms with Crippen molar-refractivity contribution in [1.82, 2.24) is 5.32 Å². The minimum absolute atomic E-state index is 0.0708. The zero-order valence-corrected chi connectivity index (χ0v) is 13.2. The van der Waals surface area contributed by atoms with E-state index in [0.717, 1.165) is 6.07 Å². The largest absolute Gasteiger partial charge is 0.449 e. The summed E-state index contributed by atoms with van der Waals surface area (Å²) >= 11 is 1.49. The number of amides is 1. The van der Waals surface area contributed by atoms with E-state index in [4.69, 9.17) is 10.00 Å². The van der Waals surface area contributed by atoms with E-state index in [2.05, 4.69) is 5.32 Å². The third-order valence-electron chi connectivity index (χ3n) is 2.80. The number of non-ortho nitro benzene ring substituents is 1. The molecule has 0 aromatic heterocycles. The summed E-state index contributed by atoms with van der Waals surface area (Å²) in [5.74, 6) is -0.727. The fraction of sp³-hybridized carbons (Fsp3) is 0.357. The van der Waals surface area contributed by atoms with Crippen molar-refractivity contribution in [3.63, 3.8) is 0 Å². The molecule has 0 unspecified atom stereocenters. The van der Waals surface area contributed by atoms with Gasteiger partial charge in [-0.2, -0.15) is 17.0 Å². The van der Waals surface area contributed by atoms with Crippen molar-refractivity contribution in [3.8, 4) is 6.07 Å². The van der Waals surface area contributed by atoms with E-state index in [0.29, 0.717) is 12.2 Å². The van der Waals surface area contributed by atoms with Gasteiger partial charge in [0.25, 0.3) is 11.6 Å². The van der Waals surface area contributed by atoms with E-state index in [9.17, 15) is 19.7 Å². The third kappa shape index (κ3) is 5.96. The lowest BCUT2D eigenvalue weighted by molar-refractivity contribution is -0.384. The molecule has 0 bridgehead atoms. The first-order valence-corrected chi connectivity index (χ1v) is 7.96. The summed E-state index contributed by atoms with van der Waals surface area (Å²) in [4.78, 5) is 34.1. The Morgan fingerprint density at radius 2 is 2.26 bits per heavy atom. The van der Waals surface area contributed by atoms with Gasteiger partial charge in [-0.1, -0.05) is 6.07 Å². The molecule has 8 nitrogen and oxygen atoms in total. The highest BCUT2D eigenvalue weighted by Gasteiger charge is 2.23. The van der Waals surface area contributed by atoms with E-state index in [1.807, 2.05) is 6.26 Å². The molecule has 1 atom stereocenters. The van der Waals surface area contributed by atoms with Crippen LogP contribution in [-0.4, -0.2) is 41.5 Å². The minimum atomic E-state index is -0.914. The Bertz CT molecular complexity index is 629. The number of nitrogens with one attached hydrogen (secondary N) is 1. The van der Waals surface area contributed by atoms with Crippen LogP contribution in [0.4, 0.5) is 5.69 Å². The molecule has 23 heavy (non-hydrogen) atoms. The Labute approximate surface area is 137 Å². The van der Waals surface area contributed by atoms with Crippen LogP contribution >= 0.6 is 11.8 Å². The number of rotatable bonds is 8. The fourth-order valence-electron chi connectivity index (χ4n) is 1.69. The number of nitro groups is 1. The molecule has 0 aliphatic carbocycles. The summed E-state index contributed by atoms with van der Waals surface area (Å²) in [5, 5.41) is 21.6. The molecule has 122 valence electrons. The van der Waals surface area contributed by atoms with Crippen molar-refractivity contribution in [2.24, 2.45) is 0 Å². The van der Waals surface area contributed by atoms with Gasteiger partial charge < -0.3 is 10.1 Å². The van der Waals surface area contributed by atoms with Gasteiger partial charge in [-0.3, -0.25) is 14.9 Å². The average Bonchev–Trinajstić information content (AvgIpc) is 2.56. The second-order valence-corrected chi connectivity index (χ2v) is 5.37. The highest BCUT2D eigenvalue weighted by Crippen LogP contribution is 2.13. The van der Waals surface area contributed by atoms with Crippen LogP contribution in [0.15, 0.2) is 24.3 Å². The predicted octanol–water partition coefficient (Wildman–Crippen LogP) is 1.51. The van der Waals surface area contributed by atoms with E-state index >= 15 is 0 Å². The Morgan fingerprint density at radius 3 is 2.87 bits per heavy atom. The number of ether oxygens (including phenoxy) is 1. The summed E-state index contributed by atoms with van der Waals surface area (Å²) in [6.45, 7) is -0.402. The average molecular weight is 337 g/mol. The van der Waals surface area contributed by atoms with E-state index in [1.165, 1.54) is 30.0 Å². The zero-order chi connectivity index (χ0) is 17.2. The first-order valence-electron chi connectivity index (χ1n) is 6.57. The maximum Gasteiger partial charge on any atom is 0.329 e. The summed E-state index contributed by atoms with van der Waals surface area (Å²) in [6, 6.07) is 5.96. The molecule has 1 aromatic rings. The maximum absolute atomic E-state index is 12.2. The van der Waals surface area contributed by atoms with Gasteiger partial charge in [0.1, 0.15) is 12.1 Å². The molecule has 0 radical (unpaired) electrons. The Kier molecular flexibility index (Phi) is 7.56. The van der Waals surface area contributed by atoms with Crippen molar-refractivity contribution in [2.45, 2.75) is 12.5 Å². The number of carbonyl (C=O) groups is 2. The SMILES string of the molecule is CSCC[C@@H](NC(=O)c1cccc([N+](=O)[O-])c1)C(=O)OCC#N. The molecule has 0 saturated carbocycles. The Morgan fingerprint density at radius 1 is 1.52 bits per heavy atom. The number of benzene rings is 1. The summed E-state index contributed by atoms with van der Waals surface area (Å²) in [5.41, 5.74) is -0.146. The van der Waals surface area contributed by atoms with Crippen molar-refractivity contribution in [2.75, 3.05) is 18.6 Å².